The van der Waals surface area contributed by atoms with Crippen LogP contribution in [0.1, 0.15) is 23.2 Å². The number of rotatable bonds is 7. The first kappa shape index (κ1) is 25.9. The maximum absolute atomic E-state index is 14.2. The molecular formula is C27H26N6O3S3. The van der Waals surface area contributed by atoms with Crippen LogP contribution >= 0.6 is 37.9 Å². The summed E-state index contributed by atoms with van der Waals surface area (Å²) in [5.41, 5.74) is 3.69. The van der Waals surface area contributed by atoms with Gasteiger partial charge in [-0.25, -0.2) is 0 Å². The van der Waals surface area contributed by atoms with Gasteiger partial charge in [0.2, 0.25) is 3.60 Å². The standard InChI is InChI=1S/C27H26N6O3S3/c1-28-25(34)20-14-32(12-15-3-4-15)24-22(16-5-8-19(9-6-16)36-27(37,38)39)26(35)33(30-23(20)24)18-7-10-21-17(11-18)13-31(2)29-21/h5-11,13-15,37-39H,3-4,12H2,1-2H3,(H,28,34). The smallest absolute Gasteiger partial charge is 0.281 e. The molecule has 0 saturated heterocycles. The van der Waals surface area contributed by atoms with Crippen LogP contribution in [-0.4, -0.2) is 40.7 Å². The molecule has 0 bridgehead atoms. The van der Waals surface area contributed by atoms with Crippen LogP contribution in [0.5, 0.6) is 5.75 Å². The van der Waals surface area contributed by atoms with Crippen LogP contribution < -0.4 is 15.6 Å². The number of carbonyl (C=O) groups excluding carboxylic acids is 1. The Labute approximate surface area is 240 Å². The number of aryl methyl sites for hydroxylation is 1. The summed E-state index contributed by atoms with van der Waals surface area (Å²) < 4.78 is 9.44. The Bertz CT molecular complexity index is 1800. The van der Waals surface area contributed by atoms with E-state index >= 15 is 0 Å². The lowest BCUT2D eigenvalue weighted by molar-refractivity contribution is 0.0964. The van der Waals surface area contributed by atoms with E-state index in [-0.39, 0.29) is 11.5 Å². The van der Waals surface area contributed by atoms with Crippen molar-refractivity contribution in [3.05, 3.63) is 70.8 Å². The second-order valence-corrected chi connectivity index (χ2v) is 12.7. The Morgan fingerprint density at radius 1 is 1.10 bits per heavy atom. The highest BCUT2D eigenvalue weighted by Gasteiger charge is 2.28. The predicted molar refractivity (Wildman–Crippen MR) is 161 cm³/mol. The second-order valence-electron chi connectivity index (χ2n) is 9.75. The van der Waals surface area contributed by atoms with Crippen molar-refractivity contribution in [1.82, 2.24) is 29.4 Å². The van der Waals surface area contributed by atoms with E-state index in [1.54, 1.807) is 42.2 Å². The number of amides is 1. The van der Waals surface area contributed by atoms with Crippen LogP contribution in [0, 0.1) is 5.92 Å². The fourth-order valence-electron chi connectivity index (χ4n) is 4.84. The zero-order valence-electron chi connectivity index (χ0n) is 21.2. The molecule has 1 aliphatic carbocycles. The monoisotopic (exact) mass is 578 g/mol. The molecule has 12 heteroatoms. The lowest BCUT2D eigenvalue weighted by atomic mass is 10.1. The van der Waals surface area contributed by atoms with E-state index in [0.717, 1.165) is 23.7 Å². The van der Waals surface area contributed by atoms with Crippen LogP contribution in [0.3, 0.4) is 0 Å². The minimum atomic E-state index is -1.26. The highest BCUT2D eigenvalue weighted by Crippen LogP contribution is 2.36. The van der Waals surface area contributed by atoms with Gasteiger partial charge in [0.05, 0.1) is 27.8 Å². The number of fused-ring (bicyclic) bond motifs is 2. The minimum absolute atomic E-state index is 0.266. The van der Waals surface area contributed by atoms with E-state index in [1.165, 1.54) is 4.68 Å². The summed E-state index contributed by atoms with van der Waals surface area (Å²) in [6.45, 7) is 0.704. The van der Waals surface area contributed by atoms with Gasteiger partial charge in [0, 0.05) is 38.4 Å². The van der Waals surface area contributed by atoms with Crippen molar-refractivity contribution in [3.8, 4) is 22.6 Å². The molecule has 5 aromatic rings. The minimum Gasteiger partial charge on any atom is -0.459 e. The fourth-order valence-corrected chi connectivity index (χ4v) is 5.15. The molecular weight excluding hydrogens is 553 g/mol. The molecule has 0 atom stereocenters. The van der Waals surface area contributed by atoms with Gasteiger partial charge in [0.25, 0.3) is 11.5 Å². The van der Waals surface area contributed by atoms with Crippen molar-refractivity contribution in [1.29, 1.82) is 0 Å². The number of nitrogens with zero attached hydrogens (tertiary/aromatic N) is 5. The van der Waals surface area contributed by atoms with Gasteiger partial charge in [-0.15, -0.1) is 37.9 Å². The van der Waals surface area contributed by atoms with Crippen LogP contribution in [0.4, 0.5) is 0 Å². The number of hydrogen-bond donors (Lipinski definition) is 4. The first-order valence-electron chi connectivity index (χ1n) is 12.4. The Balaban J connectivity index is 1.62. The quantitative estimate of drug-likeness (QED) is 0.171. The summed E-state index contributed by atoms with van der Waals surface area (Å²) in [6, 6.07) is 12.6. The van der Waals surface area contributed by atoms with Gasteiger partial charge >= 0.3 is 0 Å². The Morgan fingerprint density at radius 3 is 2.51 bits per heavy atom. The first-order chi connectivity index (χ1) is 18.6. The lowest BCUT2D eigenvalue weighted by Crippen LogP contribution is -2.25. The SMILES string of the molecule is CNC(=O)c1cn(CC2CC2)c2c(-c3ccc(OC(S)(S)S)cc3)c(=O)n(-c3ccc4nn(C)cc4c3)nc12. The summed E-state index contributed by atoms with van der Waals surface area (Å²) in [6.07, 6.45) is 5.92. The van der Waals surface area contributed by atoms with Gasteiger partial charge in [-0.1, -0.05) is 12.1 Å². The summed E-state index contributed by atoms with van der Waals surface area (Å²) in [5.74, 6) is 0.731. The first-order valence-corrected chi connectivity index (χ1v) is 13.7. The molecule has 1 amide bonds. The normalized spacial score (nSPS) is 13.8. The maximum atomic E-state index is 14.2. The van der Waals surface area contributed by atoms with Gasteiger partial charge in [-0.3, -0.25) is 14.3 Å². The second kappa shape index (κ2) is 9.68. The molecule has 3 aromatic heterocycles. The van der Waals surface area contributed by atoms with Crippen molar-refractivity contribution in [2.24, 2.45) is 13.0 Å². The van der Waals surface area contributed by atoms with Gasteiger partial charge in [0.15, 0.2) is 0 Å². The summed E-state index contributed by atoms with van der Waals surface area (Å²) >= 11 is 12.6. The summed E-state index contributed by atoms with van der Waals surface area (Å²) in [4.78, 5) is 27.2. The van der Waals surface area contributed by atoms with Crippen molar-refractivity contribution < 1.29 is 9.53 Å². The molecule has 200 valence electrons. The van der Waals surface area contributed by atoms with E-state index in [4.69, 9.17) is 9.84 Å². The number of nitrogens with one attached hydrogen (secondary N) is 1. The van der Waals surface area contributed by atoms with Crippen molar-refractivity contribution in [2.45, 2.75) is 23.0 Å². The molecule has 2 aromatic carbocycles. The molecule has 0 spiro atoms. The van der Waals surface area contributed by atoms with Crippen molar-refractivity contribution >= 4 is 65.7 Å². The molecule has 1 fully saturated rings. The molecule has 6 rings (SSSR count). The van der Waals surface area contributed by atoms with Crippen LogP contribution in [-0.2, 0) is 13.6 Å². The predicted octanol–water partition coefficient (Wildman–Crippen LogP) is 4.29. The summed E-state index contributed by atoms with van der Waals surface area (Å²) in [7, 11) is 3.43. The van der Waals surface area contributed by atoms with E-state index < -0.39 is 3.60 Å². The Kier molecular flexibility index (Phi) is 6.43. The Hall–Kier alpha value is -3.35. The average Bonchev–Trinajstić information content (AvgIpc) is 3.52. The Morgan fingerprint density at radius 2 is 1.85 bits per heavy atom. The van der Waals surface area contributed by atoms with Gasteiger partial charge in [-0.2, -0.15) is 14.9 Å². The number of thiol groups is 3. The maximum Gasteiger partial charge on any atom is 0.281 e. The third kappa shape index (κ3) is 5.04. The molecule has 0 radical (unpaired) electrons. The largest absolute Gasteiger partial charge is 0.459 e. The number of aromatic nitrogens is 5. The molecule has 1 aliphatic rings. The molecule has 9 nitrogen and oxygen atoms in total. The van der Waals surface area contributed by atoms with E-state index in [1.807, 2.05) is 36.0 Å². The topological polar surface area (TPSA) is 96.0 Å². The van der Waals surface area contributed by atoms with Gasteiger partial charge in [0.1, 0.15) is 11.3 Å². The molecule has 1 saturated carbocycles. The van der Waals surface area contributed by atoms with Crippen molar-refractivity contribution in [2.75, 3.05) is 7.05 Å². The van der Waals surface area contributed by atoms with Gasteiger partial charge < -0.3 is 14.6 Å². The van der Waals surface area contributed by atoms with Crippen LogP contribution in [0.15, 0.2) is 59.7 Å². The van der Waals surface area contributed by atoms with Crippen LogP contribution in [0.25, 0.3) is 38.8 Å². The molecule has 1 N–H and O–H groups in total. The zero-order valence-corrected chi connectivity index (χ0v) is 23.9. The molecule has 0 unspecified atom stereocenters. The van der Waals surface area contributed by atoms with Crippen molar-refractivity contribution in [3.63, 3.8) is 0 Å². The molecule has 0 aliphatic heterocycles. The number of hydrogen-bond acceptors (Lipinski definition) is 8. The number of carbonyl (C=O) groups is 1. The zero-order chi connectivity index (χ0) is 27.5. The molecule has 39 heavy (non-hydrogen) atoms. The number of ether oxygens (including phenoxy) is 1. The highest BCUT2D eigenvalue weighted by molar-refractivity contribution is 8.16. The lowest BCUT2D eigenvalue weighted by Gasteiger charge is -2.18. The number of benzene rings is 2. The van der Waals surface area contributed by atoms with E-state index in [2.05, 4.69) is 48.3 Å². The van der Waals surface area contributed by atoms with E-state index in [9.17, 15) is 9.59 Å². The summed E-state index contributed by atoms with van der Waals surface area (Å²) in [5, 5.41) is 12.8. The average molecular weight is 579 g/mol. The highest BCUT2D eigenvalue weighted by atomic mass is 32.2. The third-order valence-corrected chi connectivity index (χ3v) is 7.04. The van der Waals surface area contributed by atoms with Gasteiger partial charge in [-0.05, 0) is 54.7 Å². The fraction of sp³-hybridized carbons (Fsp3) is 0.259. The third-order valence-electron chi connectivity index (χ3n) is 6.76. The molecule has 3 heterocycles. The van der Waals surface area contributed by atoms with Crippen LogP contribution in [0.2, 0.25) is 0 Å². The van der Waals surface area contributed by atoms with E-state index in [0.29, 0.717) is 51.6 Å².